The minimum atomic E-state index is -0.644. The van der Waals surface area contributed by atoms with Crippen LogP contribution in [0.25, 0.3) is 0 Å². The first-order valence-electron chi connectivity index (χ1n) is 3.72. The fourth-order valence-corrected chi connectivity index (χ4v) is 0.924. The van der Waals surface area contributed by atoms with E-state index in [0.29, 0.717) is 0 Å². The fraction of sp³-hybridized carbons (Fsp3) is 0.500. The minimum Gasteiger partial charge on any atom is -0.511 e. The number of carbonyl (C=O) groups is 1. The van der Waals surface area contributed by atoms with Crippen LogP contribution >= 0.6 is 0 Å². The summed E-state index contributed by atoms with van der Waals surface area (Å²) in [5, 5.41) is 16.3. The van der Waals surface area contributed by atoms with Gasteiger partial charge in [-0.2, -0.15) is 0 Å². The van der Waals surface area contributed by atoms with Crippen LogP contribution in [0.3, 0.4) is 0 Å². The molecule has 0 spiro atoms. The Bertz CT molecular complexity index is 241. The van der Waals surface area contributed by atoms with Gasteiger partial charge in [0.15, 0.2) is 0 Å². The average molecular weight is 169 g/mol. The zero-order valence-corrected chi connectivity index (χ0v) is 6.83. The Morgan fingerprint density at radius 2 is 2.25 bits per heavy atom. The minimum absolute atomic E-state index is 0.00292. The molecular formula is C8H11NO3. The van der Waals surface area contributed by atoms with Crippen LogP contribution in [0.5, 0.6) is 0 Å². The van der Waals surface area contributed by atoms with Gasteiger partial charge in [-0.15, -0.1) is 0 Å². The highest BCUT2D eigenvalue weighted by molar-refractivity contribution is 6.09. The number of aliphatic hydroxyl groups excluding tert-OH is 1. The van der Waals surface area contributed by atoms with Gasteiger partial charge in [0.1, 0.15) is 11.3 Å². The van der Waals surface area contributed by atoms with Gasteiger partial charge in [0.2, 0.25) is 0 Å². The molecule has 0 radical (unpaired) electrons. The summed E-state index contributed by atoms with van der Waals surface area (Å²) < 4.78 is 4.39. The lowest BCUT2D eigenvalue weighted by Gasteiger charge is -2.01. The van der Waals surface area contributed by atoms with Crippen molar-refractivity contribution in [2.75, 3.05) is 7.11 Å². The van der Waals surface area contributed by atoms with Gasteiger partial charge >= 0.3 is 5.97 Å². The highest BCUT2D eigenvalue weighted by Crippen LogP contribution is 2.36. The first kappa shape index (κ1) is 8.77. The summed E-state index contributed by atoms with van der Waals surface area (Å²) in [5.74, 6) is -0.577. The van der Waals surface area contributed by atoms with Gasteiger partial charge in [0, 0.05) is 12.1 Å². The molecule has 0 bridgehead atoms. The lowest BCUT2D eigenvalue weighted by Crippen LogP contribution is -2.09. The molecule has 0 aromatic rings. The van der Waals surface area contributed by atoms with Crippen molar-refractivity contribution in [3.8, 4) is 0 Å². The van der Waals surface area contributed by atoms with Crippen LogP contribution in [0.1, 0.15) is 12.8 Å². The highest BCUT2D eigenvalue weighted by Gasteiger charge is 2.30. The van der Waals surface area contributed by atoms with Crippen LogP contribution in [0, 0.1) is 11.3 Å². The number of ether oxygens (including phenoxy) is 1. The van der Waals surface area contributed by atoms with Crippen molar-refractivity contribution < 1.29 is 14.6 Å². The predicted molar refractivity (Wildman–Crippen MR) is 43.2 cm³/mol. The van der Waals surface area contributed by atoms with E-state index in [-0.39, 0.29) is 17.3 Å². The first-order valence-corrected chi connectivity index (χ1v) is 3.72. The Morgan fingerprint density at radius 1 is 1.67 bits per heavy atom. The van der Waals surface area contributed by atoms with Crippen LogP contribution in [0.15, 0.2) is 11.3 Å². The number of rotatable bonds is 3. The van der Waals surface area contributed by atoms with E-state index < -0.39 is 5.97 Å². The van der Waals surface area contributed by atoms with E-state index in [4.69, 9.17) is 5.41 Å². The zero-order valence-electron chi connectivity index (χ0n) is 6.83. The maximum atomic E-state index is 10.9. The average Bonchev–Trinajstić information content (AvgIpc) is 2.87. The Balaban J connectivity index is 2.83. The first-order chi connectivity index (χ1) is 5.70. The normalized spacial score (nSPS) is 18.1. The Morgan fingerprint density at radius 3 is 2.58 bits per heavy atom. The molecule has 1 aliphatic carbocycles. The molecule has 2 N–H and O–H groups in total. The van der Waals surface area contributed by atoms with Crippen LogP contribution in [-0.2, 0) is 9.53 Å². The number of hydrogen-bond acceptors (Lipinski definition) is 4. The smallest absolute Gasteiger partial charge is 0.342 e. The Hall–Kier alpha value is -1.32. The van der Waals surface area contributed by atoms with Gasteiger partial charge in [-0.05, 0) is 12.8 Å². The van der Waals surface area contributed by atoms with Crippen LogP contribution in [0.4, 0.5) is 0 Å². The lowest BCUT2D eigenvalue weighted by atomic mass is 10.2. The summed E-state index contributed by atoms with van der Waals surface area (Å²) in [4.78, 5) is 10.9. The largest absolute Gasteiger partial charge is 0.511 e. The van der Waals surface area contributed by atoms with Gasteiger partial charge in [-0.3, -0.25) is 0 Å². The molecule has 0 saturated heterocycles. The summed E-state index contributed by atoms with van der Waals surface area (Å²) in [6.45, 7) is 0. The molecular weight excluding hydrogens is 158 g/mol. The fourth-order valence-electron chi connectivity index (χ4n) is 0.924. The van der Waals surface area contributed by atoms with Crippen LogP contribution in [-0.4, -0.2) is 24.4 Å². The monoisotopic (exact) mass is 169 g/mol. The molecule has 1 aliphatic rings. The van der Waals surface area contributed by atoms with E-state index in [2.05, 4.69) is 4.74 Å². The van der Waals surface area contributed by atoms with E-state index >= 15 is 0 Å². The van der Waals surface area contributed by atoms with Gasteiger partial charge in [0.25, 0.3) is 0 Å². The second-order valence-corrected chi connectivity index (χ2v) is 2.71. The Kier molecular flexibility index (Phi) is 2.47. The molecule has 4 nitrogen and oxygen atoms in total. The van der Waals surface area contributed by atoms with Crippen molar-refractivity contribution in [2.24, 2.45) is 5.92 Å². The summed E-state index contributed by atoms with van der Waals surface area (Å²) in [5.41, 5.74) is -0.0278. The van der Waals surface area contributed by atoms with E-state index in [1.807, 2.05) is 0 Å². The highest BCUT2D eigenvalue weighted by atomic mass is 16.5. The van der Waals surface area contributed by atoms with Crippen molar-refractivity contribution >= 4 is 12.2 Å². The molecule has 1 fully saturated rings. The SMILES string of the molecule is COC(=O)/C(C=N)=C(/O)C1CC1. The van der Waals surface area contributed by atoms with Gasteiger partial charge < -0.3 is 15.3 Å². The van der Waals surface area contributed by atoms with E-state index in [0.717, 1.165) is 19.1 Å². The van der Waals surface area contributed by atoms with Crippen LogP contribution < -0.4 is 0 Å². The molecule has 4 heteroatoms. The van der Waals surface area contributed by atoms with Crippen molar-refractivity contribution in [3.05, 3.63) is 11.3 Å². The molecule has 0 unspecified atom stereocenters. The molecule has 1 rings (SSSR count). The topological polar surface area (TPSA) is 70.4 Å². The maximum Gasteiger partial charge on any atom is 0.342 e. The quantitative estimate of drug-likeness (QED) is 0.287. The number of carbonyl (C=O) groups excluding carboxylic acids is 1. The molecule has 1 saturated carbocycles. The van der Waals surface area contributed by atoms with Gasteiger partial charge in [0.05, 0.1) is 7.11 Å². The number of nitrogens with one attached hydrogen (secondary N) is 1. The van der Waals surface area contributed by atoms with E-state index in [9.17, 15) is 9.90 Å². The Labute approximate surface area is 70.4 Å². The predicted octanol–water partition coefficient (Wildman–Crippen LogP) is 1.03. The summed E-state index contributed by atoms with van der Waals surface area (Å²) >= 11 is 0. The molecule has 0 heterocycles. The van der Waals surface area contributed by atoms with Crippen molar-refractivity contribution in [1.29, 1.82) is 5.41 Å². The number of aliphatic hydroxyl groups is 1. The van der Waals surface area contributed by atoms with Crippen LogP contribution in [0.2, 0.25) is 0 Å². The summed E-state index contributed by atoms with van der Waals surface area (Å²) in [6.07, 6.45) is 2.61. The van der Waals surface area contributed by atoms with Gasteiger partial charge in [-0.25, -0.2) is 4.79 Å². The molecule has 0 amide bonds. The molecule has 0 aliphatic heterocycles. The third-order valence-electron chi connectivity index (χ3n) is 1.79. The third-order valence-corrected chi connectivity index (χ3v) is 1.79. The zero-order chi connectivity index (χ0) is 9.14. The maximum absolute atomic E-state index is 10.9. The second-order valence-electron chi connectivity index (χ2n) is 2.71. The number of allylic oxidation sites excluding steroid dienone is 1. The summed E-state index contributed by atoms with van der Waals surface area (Å²) in [7, 11) is 1.23. The third kappa shape index (κ3) is 1.64. The van der Waals surface area contributed by atoms with Crippen molar-refractivity contribution in [2.45, 2.75) is 12.8 Å². The molecule has 0 aromatic carbocycles. The van der Waals surface area contributed by atoms with E-state index in [1.165, 1.54) is 7.11 Å². The molecule has 0 aromatic heterocycles. The van der Waals surface area contributed by atoms with Crippen molar-refractivity contribution in [3.63, 3.8) is 0 Å². The second kappa shape index (κ2) is 3.38. The number of esters is 1. The van der Waals surface area contributed by atoms with Gasteiger partial charge in [-0.1, -0.05) is 0 Å². The lowest BCUT2D eigenvalue weighted by molar-refractivity contribution is -0.135. The standard InChI is InChI=1S/C8H11NO3/c1-12-8(11)6(4-9)7(10)5-2-3-5/h4-5,9-10H,2-3H2,1H3/b7-6+,9-4?. The van der Waals surface area contributed by atoms with E-state index in [1.54, 1.807) is 0 Å². The molecule has 0 atom stereocenters. The number of methoxy groups -OCH3 is 1. The molecule has 66 valence electrons. The van der Waals surface area contributed by atoms with Crippen molar-refractivity contribution in [1.82, 2.24) is 0 Å². The summed E-state index contributed by atoms with van der Waals surface area (Å²) in [6, 6.07) is 0. The number of hydrogen-bond donors (Lipinski definition) is 2. The molecule has 12 heavy (non-hydrogen) atoms.